The monoisotopic (exact) mass is 343 g/mol. The maximum absolute atomic E-state index is 12.2. The number of fused-ring (bicyclic) bond motifs is 1. The summed E-state index contributed by atoms with van der Waals surface area (Å²) in [6.45, 7) is 2.17. The molecule has 1 fully saturated rings. The molecule has 2 atom stereocenters. The maximum Gasteiger partial charge on any atom is 0.336 e. The average molecular weight is 343 g/mol. The Balaban J connectivity index is 1.54. The summed E-state index contributed by atoms with van der Waals surface area (Å²) in [5.41, 5.74) is 0.0579. The van der Waals surface area contributed by atoms with Crippen molar-refractivity contribution in [2.24, 2.45) is 5.92 Å². The third-order valence-corrected chi connectivity index (χ3v) is 4.90. The van der Waals surface area contributed by atoms with Gasteiger partial charge in [0.1, 0.15) is 11.3 Å². The molecule has 1 heterocycles. The number of nitrogens with one attached hydrogen (secondary N) is 1. The highest BCUT2D eigenvalue weighted by Gasteiger charge is 2.27. The van der Waals surface area contributed by atoms with Gasteiger partial charge in [-0.2, -0.15) is 0 Å². The molecule has 5 heteroatoms. The summed E-state index contributed by atoms with van der Waals surface area (Å²) in [4.78, 5) is 23.5. The molecule has 2 unspecified atom stereocenters. The fraction of sp³-hybridized carbons (Fsp3) is 0.500. The predicted molar refractivity (Wildman–Crippen MR) is 96.8 cm³/mol. The van der Waals surface area contributed by atoms with E-state index in [2.05, 4.69) is 12.2 Å². The highest BCUT2D eigenvalue weighted by molar-refractivity contribution is 5.79. The third kappa shape index (κ3) is 4.62. The molecular formula is C20H25NO4. The Hall–Kier alpha value is -2.30. The smallest absolute Gasteiger partial charge is 0.336 e. The van der Waals surface area contributed by atoms with Gasteiger partial charge in [-0.3, -0.25) is 4.79 Å². The van der Waals surface area contributed by atoms with Gasteiger partial charge in [0.25, 0.3) is 5.91 Å². The number of ether oxygens (including phenoxy) is 1. The maximum atomic E-state index is 12.2. The lowest BCUT2D eigenvalue weighted by Crippen LogP contribution is -2.40. The van der Waals surface area contributed by atoms with Gasteiger partial charge in [0, 0.05) is 23.6 Å². The van der Waals surface area contributed by atoms with E-state index in [1.165, 1.54) is 38.2 Å². The Morgan fingerprint density at radius 3 is 2.96 bits per heavy atom. The first-order chi connectivity index (χ1) is 12.2. The highest BCUT2D eigenvalue weighted by atomic mass is 16.5. The molecule has 1 aliphatic rings. The van der Waals surface area contributed by atoms with Gasteiger partial charge in [0.2, 0.25) is 0 Å². The lowest BCUT2D eigenvalue weighted by atomic mass is 9.97. The lowest BCUT2D eigenvalue weighted by Gasteiger charge is -2.21. The highest BCUT2D eigenvalue weighted by Crippen LogP contribution is 2.29. The third-order valence-electron chi connectivity index (χ3n) is 4.90. The largest absolute Gasteiger partial charge is 0.484 e. The Morgan fingerprint density at radius 1 is 1.28 bits per heavy atom. The minimum atomic E-state index is -0.401. The molecule has 1 aromatic carbocycles. The molecule has 1 saturated carbocycles. The quantitative estimate of drug-likeness (QED) is 0.779. The van der Waals surface area contributed by atoms with E-state index in [1.807, 2.05) is 6.07 Å². The molecule has 5 nitrogen and oxygen atoms in total. The van der Waals surface area contributed by atoms with Crippen molar-refractivity contribution in [3.8, 4) is 5.75 Å². The summed E-state index contributed by atoms with van der Waals surface area (Å²) in [6.07, 6.45) is 7.04. The number of carbonyl (C=O) groups is 1. The zero-order chi connectivity index (χ0) is 17.6. The van der Waals surface area contributed by atoms with Gasteiger partial charge in [-0.1, -0.05) is 26.2 Å². The van der Waals surface area contributed by atoms with E-state index < -0.39 is 5.63 Å². The number of unbranched alkanes of at least 4 members (excludes halogenated alkanes) is 1. The van der Waals surface area contributed by atoms with Gasteiger partial charge in [-0.15, -0.1) is 0 Å². The molecule has 3 rings (SSSR count). The first-order valence-corrected chi connectivity index (χ1v) is 9.12. The first kappa shape index (κ1) is 17.5. The van der Waals surface area contributed by atoms with Gasteiger partial charge in [0.15, 0.2) is 6.61 Å². The van der Waals surface area contributed by atoms with Crippen LogP contribution in [-0.4, -0.2) is 18.6 Å². The fourth-order valence-electron chi connectivity index (χ4n) is 3.57. The molecule has 1 aliphatic carbocycles. The molecule has 25 heavy (non-hydrogen) atoms. The Bertz CT molecular complexity index is 783. The standard InChI is InChI=1S/C20H25NO4/c1-2-3-5-14-6-4-7-17(14)21-19(22)13-24-16-10-8-15-9-11-20(23)25-18(15)12-16/h8-12,14,17H,2-7,13H2,1H3,(H,21,22). The lowest BCUT2D eigenvalue weighted by molar-refractivity contribution is -0.124. The molecule has 0 bridgehead atoms. The molecule has 134 valence electrons. The zero-order valence-electron chi connectivity index (χ0n) is 14.6. The van der Waals surface area contributed by atoms with E-state index >= 15 is 0 Å². The van der Waals surface area contributed by atoms with Gasteiger partial charge < -0.3 is 14.5 Å². The molecule has 1 N–H and O–H groups in total. The van der Waals surface area contributed by atoms with Crippen molar-refractivity contribution in [1.82, 2.24) is 5.32 Å². The normalized spacial score (nSPS) is 19.9. The molecule has 1 amide bonds. The molecule has 1 aromatic heterocycles. The van der Waals surface area contributed by atoms with Crippen molar-refractivity contribution in [2.75, 3.05) is 6.61 Å². The van der Waals surface area contributed by atoms with Crippen LogP contribution in [0.15, 0.2) is 39.5 Å². The van der Waals surface area contributed by atoms with Gasteiger partial charge in [0.05, 0.1) is 0 Å². The van der Waals surface area contributed by atoms with Crippen LogP contribution in [0.5, 0.6) is 5.75 Å². The van der Waals surface area contributed by atoms with Crippen LogP contribution < -0.4 is 15.7 Å². The summed E-state index contributed by atoms with van der Waals surface area (Å²) >= 11 is 0. The van der Waals surface area contributed by atoms with Crippen LogP contribution in [0.2, 0.25) is 0 Å². The second-order valence-corrected chi connectivity index (χ2v) is 6.75. The summed E-state index contributed by atoms with van der Waals surface area (Å²) in [5, 5.41) is 3.94. The van der Waals surface area contributed by atoms with Crippen LogP contribution in [0, 0.1) is 5.92 Å². The average Bonchev–Trinajstić information content (AvgIpc) is 3.04. The van der Waals surface area contributed by atoms with Crippen molar-refractivity contribution < 1.29 is 13.9 Å². The Morgan fingerprint density at radius 2 is 2.12 bits per heavy atom. The van der Waals surface area contributed by atoms with Crippen LogP contribution in [0.4, 0.5) is 0 Å². The summed E-state index contributed by atoms with van der Waals surface area (Å²) in [5.74, 6) is 1.02. The Labute approximate surface area is 147 Å². The minimum absolute atomic E-state index is 0.0282. The number of hydrogen-bond donors (Lipinski definition) is 1. The van der Waals surface area contributed by atoms with Crippen LogP contribution in [0.1, 0.15) is 45.4 Å². The van der Waals surface area contributed by atoms with Crippen molar-refractivity contribution in [3.63, 3.8) is 0 Å². The minimum Gasteiger partial charge on any atom is -0.484 e. The molecule has 0 spiro atoms. The van der Waals surface area contributed by atoms with Crippen LogP contribution >= 0.6 is 0 Å². The van der Waals surface area contributed by atoms with Crippen LogP contribution in [0.3, 0.4) is 0 Å². The van der Waals surface area contributed by atoms with Gasteiger partial charge >= 0.3 is 5.63 Å². The van der Waals surface area contributed by atoms with E-state index in [1.54, 1.807) is 18.2 Å². The van der Waals surface area contributed by atoms with Crippen LogP contribution in [-0.2, 0) is 4.79 Å². The number of amides is 1. The zero-order valence-corrected chi connectivity index (χ0v) is 14.6. The van der Waals surface area contributed by atoms with Gasteiger partial charge in [-0.05, 0) is 43.4 Å². The molecule has 0 saturated heterocycles. The predicted octanol–water partition coefficient (Wildman–Crippen LogP) is 3.65. The second-order valence-electron chi connectivity index (χ2n) is 6.75. The van der Waals surface area contributed by atoms with E-state index in [0.29, 0.717) is 17.3 Å². The van der Waals surface area contributed by atoms with Crippen molar-refractivity contribution >= 4 is 16.9 Å². The van der Waals surface area contributed by atoms with Crippen molar-refractivity contribution in [1.29, 1.82) is 0 Å². The first-order valence-electron chi connectivity index (χ1n) is 9.12. The SMILES string of the molecule is CCCCC1CCCC1NC(=O)COc1ccc2ccc(=O)oc2c1. The number of carbonyl (C=O) groups excluding carboxylic acids is 1. The number of rotatable bonds is 7. The van der Waals surface area contributed by atoms with Crippen molar-refractivity contribution in [2.45, 2.75) is 51.5 Å². The molecule has 0 aliphatic heterocycles. The fourth-order valence-corrected chi connectivity index (χ4v) is 3.57. The molecular weight excluding hydrogens is 318 g/mol. The summed E-state index contributed by atoms with van der Waals surface area (Å²) < 4.78 is 10.7. The van der Waals surface area contributed by atoms with E-state index in [9.17, 15) is 9.59 Å². The molecule has 2 aromatic rings. The molecule has 0 radical (unpaired) electrons. The number of hydrogen-bond acceptors (Lipinski definition) is 4. The van der Waals surface area contributed by atoms with Crippen LogP contribution in [0.25, 0.3) is 11.0 Å². The second kappa shape index (κ2) is 8.19. The van der Waals surface area contributed by atoms with E-state index in [0.717, 1.165) is 11.8 Å². The topological polar surface area (TPSA) is 68.5 Å². The Kier molecular flexibility index (Phi) is 5.74. The number of benzene rings is 1. The van der Waals surface area contributed by atoms with Crippen molar-refractivity contribution in [3.05, 3.63) is 40.8 Å². The van der Waals surface area contributed by atoms with E-state index in [4.69, 9.17) is 9.15 Å². The summed E-state index contributed by atoms with van der Waals surface area (Å²) in [7, 11) is 0. The van der Waals surface area contributed by atoms with E-state index in [-0.39, 0.29) is 18.6 Å². The van der Waals surface area contributed by atoms with Gasteiger partial charge in [-0.25, -0.2) is 4.79 Å². The summed E-state index contributed by atoms with van der Waals surface area (Å²) in [6, 6.07) is 8.58.